The molecule has 1 aromatic rings. The lowest BCUT2D eigenvalue weighted by Gasteiger charge is -2.20. The molecule has 0 bridgehead atoms. The van der Waals surface area contributed by atoms with Gasteiger partial charge in [-0.15, -0.1) is 11.3 Å². The third-order valence-electron chi connectivity index (χ3n) is 4.01. The number of hydrogen-bond acceptors (Lipinski definition) is 5. The van der Waals surface area contributed by atoms with Gasteiger partial charge in [0.1, 0.15) is 6.04 Å². The zero-order chi connectivity index (χ0) is 15.0. The Morgan fingerprint density at radius 3 is 2.81 bits per heavy atom. The van der Waals surface area contributed by atoms with Crippen LogP contribution in [0.2, 0.25) is 0 Å². The first-order chi connectivity index (χ1) is 9.95. The number of fused-ring (bicyclic) bond motifs is 1. The molecule has 1 amide bonds. The van der Waals surface area contributed by atoms with E-state index < -0.39 is 16.1 Å². The number of carbonyl (C=O) groups is 1. The number of rotatable bonds is 3. The monoisotopic (exact) mass is 329 g/mol. The summed E-state index contributed by atoms with van der Waals surface area (Å²) in [7, 11) is -3.34. The molecule has 21 heavy (non-hydrogen) atoms. The zero-order valence-electron chi connectivity index (χ0n) is 12.0. The summed E-state index contributed by atoms with van der Waals surface area (Å²) in [6.45, 7) is 0.422. The van der Waals surface area contributed by atoms with E-state index in [2.05, 4.69) is 10.3 Å². The molecule has 1 aromatic heterocycles. The molecule has 1 unspecified atom stereocenters. The van der Waals surface area contributed by atoms with Crippen molar-refractivity contribution in [3.05, 3.63) is 10.6 Å². The minimum Gasteiger partial charge on any atom is -0.301 e. The molecule has 1 saturated heterocycles. The summed E-state index contributed by atoms with van der Waals surface area (Å²) in [6.07, 6.45) is 6.77. The van der Waals surface area contributed by atoms with Gasteiger partial charge < -0.3 is 5.32 Å². The SMILES string of the molecule is CS(=O)(=O)N1CCCC1C(=O)Nc1nc2c(s1)CCCC2. The van der Waals surface area contributed by atoms with Gasteiger partial charge in [0.15, 0.2) is 5.13 Å². The lowest BCUT2D eigenvalue weighted by Crippen LogP contribution is -2.42. The Kier molecular flexibility index (Phi) is 4.02. The maximum absolute atomic E-state index is 12.3. The van der Waals surface area contributed by atoms with E-state index in [1.165, 1.54) is 26.9 Å². The molecule has 2 heterocycles. The van der Waals surface area contributed by atoms with Crippen molar-refractivity contribution in [2.75, 3.05) is 18.1 Å². The molecule has 1 N–H and O–H groups in total. The number of thiazole rings is 1. The summed E-state index contributed by atoms with van der Waals surface area (Å²) in [4.78, 5) is 18.1. The minimum atomic E-state index is -3.34. The Hall–Kier alpha value is -0.990. The quantitative estimate of drug-likeness (QED) is 0.909. The number of carbonyl (C=O) groups excluding carboxylic acids is 1. The summed E-state index contributed by atoms with van der Waals surface area (Å²) in [5.74, 6) is -0.260. The van der Waals surface area contributed by atoms with E-state index in [4.69, 9.17) is 0 Å². The molecular formula is C13H19N3O3S2. The van der Waals surface area contributed by atoms with E-state index in [-0.39, 0.29) is 5.91 Å². The van der Waals surface area contributed by atoms with Gasteiger partial charge >= 0.3 is 0 Å². The van der Waals surface area contributed by atoms with Gasteiger partial charge in [0, 0.05) is 11.4 Å². The molecule has 116 valence electrons. The fraction of sp³-hybridized carbons (Fsp3) is 0.692. The number of nitrogens with one attached hydrogen (secondary N) is 1. The standard InChI is InChI=1S/C13H19N3O3S2/c1-21(18,19)16-8-4-6-10(16)12(17)15-13-14-9-5-2-3-7-11(9)20-13/h10H,2-8H2,1H3,(H,14,15,17). The van der Waals surface area contributed by atoms with Gasteiger partial charge in [-0.25, -0.2) is 13.4 Å². The second kappa shape index (κ2) is 5.66. The Morgan fingerprint density at radius 2 is 2.10 bits per heavy atom. The van der Waals surface area contributed by atoms with Crippen LogP contribution in [0.3, 0.4) is 0 Å². The summed E-state index contributed by atoms with van der Waals surface area (Å²) < 4.78 is 24.7. The predicted octanol–water partition coefficient (Wildman–Crippen LogP) is 1.38. The first-order valence-electron chi connectivity index (χ1n) is 7.21. The molecule has 8 heteroatoms. The van der Waals surface area contributed by atoms with Gasteiger partial charge in [-0.3, -0.25) is 4.79 Å². The van der Waals surface area contributed by atoms with Gasteiger partial charge in [0.25, 0.3) is 0 Å². The summed E-state index contributed by atoms with van der Waals surface area (Å²) in [6, 6.07) is -0.596. The van der Waals surface area contributed by atoms with Crippen molar-refractivity contribution in [2.24, 2.45) is 0 Å². The van der Waals surface area contributed by atoms with Crippen LogP contribution in [-0.4, -0.2) is 42.5 Å². The molecule has 1 atom stereocenters. The van der Waals surface area contributed by atoms with Crippen LogP contribution in [0.15, 0.2) is 0 Å². The number of nitrogens with zero attached hydrogens (tertiary/aromatic N) is 2. The van der Waals surface area contributed by atoms with Crippen LogP contribution in [0, 0.1) is 0 Å². The molecule has 0 spiro atoms. The Bertz CT molecular complexity index is 630. The topological polar surface area (TPSA) is 79.4 Å². The average molecular weight is 329 g/mol. The predicted molar refractivity (Wildman–Crippen MR) is 82.0 cm³/mol. The van der Waals surface area contributed by atoms with Crippen molar-refractivity contribution in [3.8, 4) is 0 Å². The van der Waals surface area contributed by atoms with Crippen LogP contribution >= 0.6 is 11.3 Å². The highest BCUT2D eigenvalue weighted by Crippen LogP contribution is 2.30. The molecule has 1 fully saturated rings. The number of hydrogen-bond donors (Lipinski definition) is 1. The molecule has 0 aromatic carbocycles. The number of aryl methyl sites for hydroxylation is 2. The maximum Gasteiger partial charge on any atom is 0.244 e. The van der Waals surface area contributed by atoms with Crippen LogP contribution in [0.25, 0.3) is 0 Å². The van der Waals surface area contributed by atoms with Crippen molar-refractivity contribution < 1.29 is 13.2 Å². The average Bonchev–Trinajstić information content (AvgIpc) is 3.03. The second-order valence-electron chi connectivity index (χ2n) is 5.62. The lowest BCUT2D eigenvalue weighted by atomic mass is 10.0. The summed E-state index contributed by atoms with van der Waals surface area (Å²) in [5.41, 5.74) is 1.09. The van der Waals surface area contributed by atoms with E-state index in [1.54, 1.807) is 0 Å². The van der Waals surface area contributed by atoms with Crippen molar-refractivity contribution in [1.29, 1.82) is 0 Å². The van der Waals surface area contributed by atoms with Crippen LogP contribution in [0.4, 0.5) is 5.13 Å². The van der Waals surface area contributed by atoms with Gasteiger partial charge in [-0.1, -0.05) is 0 Å². The van der Waals surface area contributed by atoms with Crippen molar-refractivity contribution in [2.45, 2.75) is 44.6 Å². The summed E-state index contributed by atoms with van der Waals surface area (Å²) >= 11 is 1.52. The third-order valence-corrected chi connectivity index (χ3v) is 6.37. The molecule has 0 radical (unpaired) electrons. The van der Waals surface area contributed by atoms with Gasteiger partial charge in [0.05, 0.1) is 11.9 Å². The van der Waals surface area contributed by atoms with E-state index >= 15 is 0 Å². The fourth-order valence-electron chi connectivity index (χ4n) is 2.99. The summed E-state index contributed by atoms with van der Waals surface area (Å²) in [5, 5.41) is 3.41. The third kappa shape index (κ3) is 3.12. The largest absolute Gasteiger partial charge is 0.301 e. The number of anilines is 1. The van der Waals surface area contributed by atoms with Crippen LogP contribution in [0.5, 0.6) is 0 Å². The van der Waals surface area contributed by atoms with Crippen LogP contribution in [0.1, 0.15) is 36.3 Å². The second-order valence-corrected chi connectivity index (χ2v) is 8.64. The van der Waals surface area contributed by atoms with E-state index in [0.29, 0.717) is 18.1 Å². The fourth-order valence-corrected chi connectivity index (χ4v) is 5.17. The van der Waals surface area contributed by atoms with Crippen LogP contribution < -0.4 is 5.32 Å². The Morgan fingerprint density at radius 1 is 1.33 bits per heavy atom. The van der Waals surface area contributed by atoms with E-state index in [1.807, 2.05) is 0 Å². The number of amides is 1. The van der Waals surface area contributed by atoms with Gasteiger partial charge in [0.2, 0.25) is 15.9 Å². The van der Waals surface area contributed by atoms with Crippen molar-refractivity contribution in [3.63, 3.8) is 0 Å². The van der Waals surface area contributed by atoms with Gasteiger partial charge in [-0.2, -0.15) is 4.31 Å². The molecule has 0 saturated carbocycles. The molecule has 3 rings (SSSR count). The molecule has 1 aliphatic carbocycles. The number of sulfonamides is 1. The van der Waals surface area contributed by atoms with Crippen molar-refractivity contribution in [1.82, 2.24) is 9.29 Å². The first-order valence-corrected chi connectivity index (χ1v) is 9.88. The highest BCUT2D eigenvalue weighted by atomic mass is 32.2. The first kappa shape index (κ1) is 14.9. The normalized spacial score (nSPS) is 23.0. The van der Waals surface area contributed by atoms with Crippen molar-refractivity contribution >= 4 is 32.4 Å². The Balaban J connectivity index is 1.72. The van der Waals surface area contributed by atoms with E-state index in [9.17, 15) is 13.2 Å². The lowest BCUT2D eigenvalue weighted by molar-refractivity contribution is -0.119. The smallest absolute Gasteiger partial charge is 0.244 e. The molecule has 6 nitrogen and oxygen atoms in total. The van der Waals surface area contributed by atoms with Crippen LogP contribution in [-0.2, 0) is 27.7 Å². The minimum absolute atomic E-state index is 0.260. The van der Waals surface area contributed by atoms with Gasteiger partial charge in [-0.05, 0) is 38.5 Å². The highest BCUT2D eigenvalue weighted by molar-refractivity contribution is 7.88. The van der Waals surface area contributed by atoms with E-state index in [0.717, 1.165) is 37.6 Å². The molecule has 1 aliphatic heterocycles. The number of aromatic nitrogens is 1. The zero-order valence-corrected chi connectivity index (χ0v) is 13.6. The molecule has 2 aliphatic rings. The highest BCUT2D eigenvalue weighted by Gasteiger charge is 2.36. The Labute approximate surface area is 128 Å². The molecular weight excluding hydrogens is 310 g/mol. The maximum atomic E-state index is 12.3.